The number of piperidine rings is 1. The summed E-state index contributed by atoms with van der Waals surface area (Å²) in [6.07, 6.45) is 0.202. The van der Waals surface area contributed by atoms with E-state index in [4.69, 9.17) is 21.4 Å². The van der Waals surface area contributed by atoms with Crippen molar-refractivity contribution in [1.82, 2.24) is 10.2 Å². The first-order valence-corrected chi connectivity index (χ1v) is 9.48. The summed E-state index contributed by atoms with van der Waals surface area (Å²) < 4.78 is 18.0. The third-order valence-electron chi connectivity index (χ3n) is 4.51. The molecule has 29 heavy (non-hydrogen) atoms. The summed E-state index contributed by atoms with van der Waals surface area (Å²) in [5.74, 6) is -3.09. The number of carboxylic acids is 1. The molecule has 1 aliphatic rings. The number of carbonyl (C=O) groups is 4. The second kappa shape index (κ2) is 10.8. The van der Waals surface area contributed by atoms with Crippen LogP contribution in [-0.2, 0) is 25.7 Å². The first-order chi connectivity index (χ1) is 13.8. The Hall–Kier alpha value is -2.68. The number of nitrogens with one attached hydrogen (secondary N) is 1. The van der Waals surface area contributed by atoms with Gasteiger partial charge < -0.3 is 15.2 Å². The molecule has 1 heterocycles. The van der Waals surface area contributed by atoms with Crippen molar-refractivity contribution in [2.24, 2.45) is 0 Å². The Morgan fingerprint density at radius 1 is 1.31 bits per heavy atom. The van der Waals surface area contributed by atoms with E-state index in [2.05, 4.69) is 5.32 Å². The van der Waals surface area contributed by atoms with Crippen molar-refractivity contribution in [3.8, 4) is 0 Å². The van der Waals surface area contributed by atoms with Crippen LogP contribution in [-0.4, -0.2) is 59.1 Å². The van der Waals surface area contributed by atoms with Crippen molar-refractivity contribution in [2.45, 2.75) is 44.4 Å². The van der Waals surface area contributed by atoms with Gasteiger partial charge in [0.2, 0.25) is 5.91 Å². The normalized spacial score (nSPS) is 17.3. The average Bonchev–Trinajstić information content (AvgIpc) is 2.70. The number of ketones is 1. The van der Waals surface area contributed by atoms with Gasteiger partial charge in [0.05, 0.1) is 6.42 Å². The number of likely N-dealkylation sites (tertiary alicyclic amines) is 1. The van der Waals surface area contributed by atoms with Crippen molar-refractivity contribution in [3.63, 3.8) is 0 Å². The number of ether oxygens (including phenoxy) is 1. The molecule has 2 rings (SSSR count). The molecule has 1 aliphatic heterocycles. The van der Waals surface area contributed by atoms with E-state index in [9.17, 15) is 23.6 Å². The molecular weight excluding hydrogens is 407 g/mol. The van der Waals surface area contributed by atoms with Gasteiger partial charge in [-0.3, -0.25) is 19.3 Å². The van der Waals surface area contributed by atoms with Crippen LogP contribution in [0.1, 0.15) is 31.2 Å². The Morgan fingerprint density at radius 3 is 2.72 bits per heavy atom. The predicted molar refractivity (Wildman–Crippen MR) is 101 cm³/mol. The number of carbonyl (C=O) groups excluding carboxylic acids is 3. The van der Waals surface area contributed by atoms with E-state index in [1.165, 1.54) is 4.90 Å². The summed E-state index contributed by atoms with van der Waals surface area (Å²) in [5.41, 5.74) is 0.680. The van der Waals surface area contributed by atoms with Crippen molar-refractivity contribution in [2.75, 3.05) is 13.2 Å². The van der Waals surface area contributed by atoms with Crippen LogP contribution in [0, 0.1) is 0 Å². The third kappa shape index (κ3) is 6.70. The Kier molecular flexibility index (Phi) is 8.38. The molecule has 0 saturated carbocycles. The van der Waals surface area contributed by atoms with Crippen molar-refractivity contribution in [3.05, 3.63) is 34.9 Å². The lowest BCUT2D eigenvalue weighted by Crippen LogP contribution is -2.55. The quantitative estimate of drug-likeness (QED) is 0.657. The van der Waals surface area contributed by atoms with E-state index in [1.807, 2.05) is 0 Å². The van der Waals surface area contributed by atoms with E-state index in [1.54, 1.807) is 24.3 Å². The van der Waals surface area contributed by atoms with Gasteiger partial charge in [-0.25, -0.2) is 9.18 Å². The van der Waals surface area contributed by atoms with Gasteiger partial charge in [-0.05, 0) is 37.0 Å². The van der Waals surface area contributed by atoms with Crippen LogP contribution >= 0.6 is 11.6 Å². The van der Waals surface area contributed by atoms with Crippen LogP contribution in [0.15, 0.2) is 24.3 Å². The number of carboxylic acid groups (broad SMARTS) is 1. The molecule has 158 valence electrons. The molecule has 0 aromatic heterocycles. The first-order valence-electron chi connectivity index (χ1n) is 9.10. The predicted octanol–water partition coefficient (Wildman–Crippen LogP) is 2.33. The fraction of sp³-hybridized carbons (Fsp3) is 0.474. The molecule has 1 saturated heterocycles. The monoisotopic (exact) mass is 428 g/mol. The maximum atomic E-state index is 12.7. The molecule has 10 heteroatoms. The molecular formula is C19H22ClFN2O6. The van der Waals surface area contributed by atoms with Crippen molar-refractivity contribution < 1.29 is 33.4 Å². The number of benzene rings is 1. The highest BCUT2D eigenvalue weighted by atomic mass is 35.5. The number of Topliss-reactive ketones (excluding diaryl/α,β-unsaturated/α-hetero) is 1. The van der Waals surface area contributed by atoms with Gasteiger partial charge in [0.1, 0.15) is 25.4 Å². The zero-order chi connectivity index (χ0) is 21.4. The molecule has 1 aromatic carbocycles. The lowest BCUT2D eigenvalue weighted by atomic mass is 10.0. The van der Waals surface area contributed by atoms with Crippen LogP contribution in [0.5, 0.6) is 0 Å². The Labute approximate surface area is 172 Å². The van der Waals surface area contributed by atoms with E-state index in [0.717, 1.165) is 0 Å². The number of amides is 2. The van der Waals surface area contributed by atoms with Crippen LogP contribution in [0.3, 0.4) is 0 Å². The first kappa shape index (κ1) is 22.6. The molecule has 0 spiro atoms. The van der Waals surface area contributed by atoms with E-state index in [0.29, 0.717) is 29.8 Å². The summed E-state index contributed by atoms with van der Waals surface area (Å²) in [5, 5.41) is 11.6. The fourth-order valence-corrected chi connectivity index (χ4v) is 3.27. The molecule has 2 N–H and O–H groups in total. The van der Waals surface area contributed by atoms with Crippen LogP contribution in [0.2, 0.25) is 5.02 Å². The average molecular weight is 429 g/mol. The number of alkyl halides is 1. The third-order valence-corrected chi connectivity index (χ3v) is 4.74. The molecule has 8 nitrogen and oxygen atoms in total. The summed E-state index contributed by atoms with van der Waals surface area (Å²) in [4.78, 5) is 48.8. The van der Waals surface area contributed by atoms with Gasteiger partial charge in [-0.15, -0.1) is 0 Å². The number of rotatable bonds is 8. The maximum Gasteiger partial charge on any atom is 0.410 e. The molecule has 1 aromatic rings. The number of hydrogen-bond donors (Lipinski definition) is 2. The smallest absolute Gasteiger partial charge is 0.410 e. The Balaban J connectivity index is 2.02. The van der Waals surface area contributed by atoms with E-state index in [-0.39, 0.29) is 13.2 Å². The minimum atomic E-state index is -1.49. The zero-order valence-corrected chi connectivity index (χ0v) is 16.4. The van der Waals surface area contributed by atoms with Crippen molar-refractivity contribution >= 4 is 35.4 Å². The zero-order valence-electron chi connectivity index (χ0n) is 15.6. The lowest BCUT2D eigenvalue weighted by molar-refractivity contribution is -0.140. The topological polar surface area (TPSA) is 113 Å². The van der Waals surface area contributed by atoms with Crippen LogP contribution in [0.25, 0.3) is 0 Å². The molecule has 2 amide bonds. The summed E-state index contributed by atoms with van der Waals surface area (Å²) in [7, 11) is 0. The lowest BCUT2D eigenvalue weighted by Gasteiger charge is -2.34. The second-order valence-corrected chi connectivity index (χ2v) is 7.08. The number of hydrogen-bond acceptors (Lipinski definition) is 5. The van der Waals surface area contributed by atoms with E-state index >= 15 is 0 Å². The minimum Gasteiger partial charge on any atom is -0.481 e. The van der Waals surface area contributed by atoms with Gasteiger partial charge in [-0.1, -0.05) is 23.7 Å². The van der Waals surface area contributed by atoms with Gasteiger partial charge in [0, 0.05) is 11.6 Å². The van der Waals surface area contributed by atoms with Gasteiger partial charge in [0.15, 0.2) is 5.78 Å². The maximum absolute atomic E-state index is 12.7. The number of nitrogens with zero attached hydrogens (tertiary/aromatic N) is 1. The number of halogens is 2. The fourth-order valence-electron chi connectivity index (χ4n) is 3.06. The second-order valence-electron chi connectivity index (χ2n) is 6.65. The Bertz CT molecular complexity index is 775. The highest BCUT2D eigenvalue weighted by Crippen LogP contribution is 2.20. The molecule has 0 aliphatic carbocycles. The molecule has 1 unspecified atom stereocenters. The Morgan fingerprint density at radius 2 is 2.07 bits per heavy atom. The molecule has 0 bridgehead atoms. The summed E-state index contributed by atoms with van der Waals surface area (Å²) >= 11 is 5.90. The molecule has 2 atom stereocenters. The molecule has 0 radical (unpaired) electrons. The largest absolute Gasteiger partial charge is 0.481 e. The number of aliphatic carboxylic acids is 1. The van der Waals surface area contributed by atoms with E-state index < -0.39 is 48.9 Å². The minimum absolute atomic E-state index is 0.0355. The van der Waals surface area contributed by atoms with Crippen molar-refractivity contribution in [1.29, 1.82) is 0 Å². The standard InChI is InChI=1S/C19H22ClFN2O6/c20-13-5-3-4-12(8-13)11-29-19(28)23-7-2-1-6-15(23)18(27)22-14(9-17(25)26)16(24)10-21/h3-5,8,14-15H,1-2,6-7,9-11H2,(H,22,27)(H,25,26)/t14?,15-/m0/s1. The summed E-state index contributed by atoms with van der Waals surface area (Å²) in [6, 6.07) is 4.36. The van der Waals surface area contributed by atoms with Gasteiger partial charge in [-0.2, -0.15) is 0 Å². The highest BCUT2D eigenvalue weighted by molar-refractivity contribution is 6.30. The van der Waals surface area contributed by atoms with Gasteiger partial charge in [0.25, 0.3) is 0 Å². The molecule has 1 fully saturated rings. The van der Waals surface area contributed by atoms with Crippen LogP contribution in [0.4, 0.5) is 9.18 Å². The highest BCUT2D eigenvalue weighted by Gasteiger charge is 2.35. The summed E-state index contributed by atoms with van der Waals surface area (Å²) in [6.45, 7) is -1.16. The SMILES string of the molecule is O=C(O)CC(NC(=O)[C@@H]1CCCCN1C(=O)OCc1cccc(Cl)c1)C(=O)CF. The van der Waals surface area contributed by atoms with Gasteiger partial charge >= 0.3 is 12.1 Å². The van der Waals surface area contributed by atoms with Crippen LogP contribution < -0.4 is 5.32 Å².